The standard InChI is InChI=1S/C17H28FN/c1-4-16(10-7-15(3)18)11-12-19-13-17-8-5-14(2)6-9-17/h5,7-8,10,15-16,19H,4,6,9,11-13H2,1-3H3. The number of halogens is 1. The quantitative estimate of drug-likeness (QED) is 0.500. The molecule has 1 aliphatic carbocycles. The summed E-state index contributed by atoms with van der Waals surface area (Å²) in [5.41, 5.74) is 2.96. The van der Waals surface area contributed by atoms with Crippen LogP contribution in [0, 0.1) is 5.92 Å². The van der Waals surface area contributed by atoms with E-state index < -0.39 is 6.17 Å². The number of allylic oxidation sites excluding steroid dienone is 5. The largest absolute Gasteiger partial charge is 0.313 e. The van der Waals surface area contributed by atoms with Crippen LogP contribution in [0.2, 0.25) is 0 Å². The van der Waals surface area contributed by atoms with Crippen LogP contribution in [0.4, 0.5) is 4.39 Å². The molecule has 1 aliphatic rings. The van der Waals surface area contributed by atoms with E-state index in [4.69, 9.17) is 0 Å². The van der Waals surface area contributed by atoms with Gasteiger partial charge >= 0.3 is 0 Å². The highest BCUT2D eigenvalue weighted by atomic mass is 19.1. The lowest BCUT2D eigenvalue weighted by molar-refractivity contribution is 0.426. The molecule has 0 amide bonds. The van der Waals surface area contributed by atoms with Gasteiger partial charge in [0.2, 0.25) is 0 Å². The second kappa shape index (κ2) is 9.08. The van der Waals surface area contributed by atoms with Crippen molar-refractivity contribution in [3.05, 3.63) is 35.5 Å². The van der Waals surface area contributed by atoms with E-state index in [1.807, 2.05) is 6.08 Å². The molecule has 0 aromatic rings. The third-order valence-electron chi connectivity index (χ3n) is 3.66. The summed E-state index contributed by atoms with van der Waals surface area (Å²) >= 11 is 0. The lowest BCUT2D eigenvalue weighted by Gasteiger charge is -2.14. The molecule has 0 bridgehead atoms. The van der Waals surface area contributed by atoms with Crippen LogP contribution in [0.15, 0.2) is 35.5 Å². The number of hydrogen-bond acceptors (Lipinski definition) is 1. The van der Waals surface area contributed by atoms with E-state index in [-0.39, 0.29) is 0 Å². The van der Waals surface area contributed by atoms with Gasteiger partial charge in [-0.3, -0.25) is 0 Å². The summed E-state index contributed by atoms with van der Waals surface area (Å²) in [4.78, 5) is 0. The maximum Gasteiger partial charge on any atom is 0.115 e. The Labute approximate surface area is 117 Å². The SMILES string of the molecule is CCC(C=CC(C)F)CCNCC1=CC=C(C)CC1. The van der Waals surface area contributed by atoms with Crippen molar-refractivity contribution >= 4 is 0 Å². The average molecular weight is 265 g/mol. The molecule has 0 spiro atoms. The van der Waals surface area contributed by atoms with Gasteiger partial charge in [-0.25, -0.2) is 4.39 Å². The van der Waals surface area contributed by atoms with Crippen LogP contribution in [0.5, 0.6) is 0 Å². The van der Waals surface area contributed by atoms with E-state index in [1.165, 1.54) is 24.0 Å². The molecule has 1 rings (SSSR count). The predicted molar refractivity (Wildman–Crippen MR) is 82.1 cm³/mol. The van der Waals surface area contributed by atoms with Crippen molar-refractivity contribution in [3.8, 4) is 0 Å². The van der Waals surface area contributed by atoms with Crippen LogP contribution in [0.3, 0.4) is 0 Å². The van der Waals surface area contributed by atoms with Gasteiger partial charge in [0.25, 0.3) is 0 Å². The molecule has 0 radical (unpaired) electrons. The summed E-state index contributed by atoms with van der Waals surface area (Å²) in [6.45, 7) is 7.92. The van der Waals surface area contributed by atoms with Gasteiger partial charge < -0.3 is 5.32 Å². The van der Waals surface area contributed by atoms with Crippen molar-refractivity contribution in [2.24, 2.45) is 5.92 Å². The first kappa shape index (κ1) is 16.2. The molecule has 0 aliphatic heterocycles. The molecule has 19 heavy (non-hydrogen) atoms. The van der Waals surface area contributed by atoms with Gasteiger partial charge in [-0.2, -0.15) is 0 Å². The van der Waals surface area contributed by atoms with Gasteiger partial charge in [0.15, 0.2) is 0 Å². The molecule has 2 heteroatoms. The average Bonchev–Trinajstić information content (AvgIpc) is 2.40. The number of rotatable bonds is 8. The molecular formula is C17H28FN. The molecule has 0 saturated heterocycles. The lowest BCUT2D eigenvalue weighted by atomic mass is 9.99. The Bertz CT molecular complexity index is 339. The van der Waals surface area contributed by atoms with E-state index in [1.54, 1.807) is 13.0 Å². The van der Waals surface area contributed by atoms with Crippen LogP contribution in [-0.2, 0) is 0 Å². The van der Waals surface area contributed by atoms with Crippen molar-refractivity contribution in [1.82, 2.24) is 5.32 Å². The molecule has 0 fully saturated rings. The fourth-order valence-corrected chi connectivity index (χ4v) is 2.21. The highest BCUT2D eigenvalue weighted by Crippen LogP contribution is 2.17. The predicted octanol–water partition coefficient (Wildman–Crippen LogP) is 4.57. The zero-order chi connectivity index (χ0) is 14.1. The topological polar surface area (TPSA) is 12.0 Å². The smallest absolute Gasteiger partial charge is 0.115 e. The summed E-state index contributed by atoms with van der Waals surface area (Å²) < 4.78 is 12.7. The minimum absolute atomic E-state index is 0.494. The normalized spacial score (nSPS) is 19.2. The second-order valence-corrected chi connectivity index (χ2v) is 5.53. The molecule has 0 aromatic heterocycles. The van der Waals surface area contributed by atoms with Gasteiger partial charge in [-0.15, -0.1) is 0 Å². The van der Waals surface area contributed by atoms with Crippen molar-refractivity contribution in [2.45, 2.75) is 52.6 Å². The summed E-state index contributed by atoms with van der Waals surface area (Å²) in [6.07, 6.45) is 11.9. The molecule has 0 heterocycles. The highest BCUT2D eigenvalue weighted by molar-refractivity contribution is 5.23. The number of alkyl halides is 1. The van der Waals surface area contributed by atoms with E-state index in [0.29, 0.717) is 5.92 Å². The Morgan fingerprint density at radius 3 is 2.68 bits per heavy atom. The molecular weight excluding hydrogens is 237 g/mol. The summed E-state index contributed by atoms with van der Waals surface area (Å²) in [6, 6.07) is 0. The zero-order valence-electron chi connectivity index (χ0n) is 12.6. The number of nitrogens with one attached hydrogen (secondary N) is 1. The van der Waals surface area contributed by atoms with Crippen LogP contribution < -0.4 is 5.32 Å². The molecule has 0 aromatic carbocycles. The minimum atomic E-state index is -0.829. The van der Waals surface area contributed by atoms with E-state index in [9.17, 15) is 4.39 Å². The Morgan fingerprint density at radius 1 is 1.32 bits per heavy atom. The first-order chi connectivity index (χ1) is 9.11. The highest BCUT2D eigenvalue weighted by Gasteiger charge is 2.05. The third kappa shape index (κ3) is 7.31. The van der Waals surface area contributed by atoms with Gasteiger partial charge in [-0.05, 0) is 52.0 Å². The maximum absolute atomic E-state index is 12.7. The monoisotopic (exact) mass is 265 g/mol. The van der Waals surface area contributed by atoms with Crippen molar-refractivity contribution in [2.75, 3.05) is 13.1 Å². The van der Waals surface area contributed by atoms with E-state index in [0.717, 1.165) is 25.9 Å². The fraction of sp³-hybridized carbons (Fsp3) is 0.647. The third-order valence-corrected chi connectivity index (χ3v) is 3.66. The second-order valence-electron chi connectivity index (χ2n) is 5.53. The van der Waals surface area contributed by atoms with Crippen LogP contribution in [0.25, 0.3) is 0 Å². The Kier molecular flexibility index (Phi) is 7.73. The first-order valence-corrected chi connectivity index (χ1v) is 7.50. The first-order valence-electron chi connectivity index (χ1n) is 7.50. The molecule has 0 saturated carbocycles. The zero-order valence-corrected chi connectivity index (χ0v) is 12.6. The Hall–Kier alpha value is -0.890. The van der Waals surface area contributed by atoms with Crippen LogP contribution in [0.1, 0.15) is 46.5 Å². The van der Waals surface area contributed by atoms with E-state index in [2.05, 4.69) is 31.3 Å². The molecule has 1 nitrogen and oxygen atoms in total. The van der Waals surface area contributed by atoms with Crippen LogP contribution >= 0.6 is 0 Å². The van der Waals surface area contributed by atoms with Gasteiger partial charge in [0, 0.05) is 6.54 Å². The van der Waals surface area contributed by atoms with Crippen molar-refractivity contribution in [3.63, 3.8) is 0 Å². The van der Waals surface area contributed by atoms with Crippen molar-refractivity contribution < 1.29 is 4.39 Å². The number of hydrogen-bond donors (Lipinski definition) is 1. The van der Waals surface area contributed by atoms with Crippen molar-refractivity contribution in [1.29, 1.82) is 0 Å². The molecule has 2 atom stereocenters. The van der Waals surface area contributed by atoms with Gasteiger partial charge in [0.05, 0.1) is 0 Å². The summed E-state index contributed by atoms with van der Waals surface area (Å²) in [5.74, 6) is 0.494. The van der Waals surface area contributed by atoms with Gasteiger partial charge in [-0.1, -0.05) is 42.4 Å². The summed E-state index contributed by atoms with van der Waals surface area (Å²) in [5, 5.41) is 3.50. The minimum Gasteiger partial charge on any atom is -0.313 e. The lowest BCUT2D eigenvalue weighted by Crippen LogP contribution is -2.21. The van der Waals surface area contributed by atoms with Crippen LogP contribution in [-0.4, -0.2) is 19.3 Å². The Morgan fingerprint density at radius 2 is 2.11 bits per heavy atom. The maximum atomic E-state index is 12.7. The molecule has 2 unspecified atom stereocenters. The fourth-order valence-electron chi connectivity index (χ4n) is 2.21. The van der Waals surface area contributed by atoms with E-state index >= 15 is 0 Å². The van der Waals surface area contributed by atoms with Gasteiger partial charge in [0.1, 0.15) is 6.17 Å². The summed E-state index contributed by atoms with van der Waals surface area (Å²) in [7, 11) is 0. The molecule has 108 valence electrons. The molecule has 1 N–H and O–H groups in total. The Balaban J connectivity index is 2.19.